The molecule has 2 amide bonds. The normalized spacial score (nSPS) is 15.0. The van der Waals surface area contributed by atoms with Crippen LogP contribution in [0.2, 0.25) is 0 Å². The lowest BCUT2D eigenvalue weighted by molar-refractivity contribution is -0.121. The number of amides is 2. The maximum absolute atomic E-state index is 12.0. The largest absolute Gasteiger partial charge is 0.450 e. The highest BCUT2D eigenvalue weighted by Crippen LogP contribution is 2.12. The van der Waals surface area contributed by atoms with Crippen molar-refractivity contribution in [3.8, 4) is 0 Å². The van der Waals surface area contributed by atoms with Gasteiger partial charge >= 0.3 is 6.09 Å². The van der Waals surface area contributed by atoms with E-state index in [1.54, 1.807) is 11.8 Å². The molecule has 1 aromatic carbocycles. The van der Waals surface area contributed by atoms with Crippen molar-refractivity contribution in [1.29, 1.82) is 0 Å². The number of ether oxygens (including phenoxy) is 1. The third kappa shape index (κ3) is 5.76. The van der Waals surface area contributed by atoms with Crippen molar-refractivity contribution in [1.82, 2.24) is 10.2 Å². The van der Waals surface area contributed by atoms with E-state index in [1.165, 1.54) is 5.56 Å². The van der Waals surface area contributed by atoms with Crippen LogP contribution in [0.5, 0.6) is 0 Å². The Morgan fingerprint density at radius 3 is 2.50 bits per heavy atom. The Bertz CT molecular complexity index is 537. The zero-order valence-corrected chi connectivity index (χ0v) is 14.5. The minimum Gasteiger partial charge on any atom is -0.450 e. The van der Waals surface area contributed by atoms with Gasteiger partial charge in [-0.2, -0.15) is 0 Å². The summed E-state index contributed by atoms with van der Waals surface area (Å²) in [7, 11) is 0. The summed E-state index contributed by atoms with van der Waals surface area (Å²) >= 11 is 0. The summed E-state index contributed by atoms with van der Waals surface area (Å²) in [5.74, 6) is 0.0456. The third-order valence-electron chi connectivity index (χ3n) is 4.12. The monoisotopic (exact) mass is 333 g/mol. The molecule has 2 N–H and O–H groups in total. The number of nitrogens with zero attached hydrogens (tertiary/aromatic N) is 1. The Balaban J connectivity index is 1.63. The van der Waals surface area contributed by atoms with Crippen LogP contribution in [0.25, 0.3) is 0 Å². The molecule has 132 valence electrons. The molecular weight excluding hydrogens is 306 g/mol. The van der Waals surface area contributed by atoms with Crippen molar-refractivity contribution in [3.05, 3.63) is 29.8 Å². The Labute approximate surface area is 143 Å². The average Bonchev–Trinajstić information content (AvgIpc) is 2.57. The van der Waals surface area contributed by atoms with Crippen LogP contribution in [-0.4, -0.2) is 49.2 Å². The van der Waals surface area contributed by atoms with E-state index in [1.807, 2.05) is 31.2 Å². The van der Waals surface area contributed by atoms with Crippen molar-refractivity contribution in [2.45, 2.75) is 39.2 Å². The van der Waals surface area contributed by atoms with Gasteiger partial charge in [0.05, 0.1) is 6.61 Å². The van der Waals surface area contributed by atoms with Crippen LogP contribution in [-0.2, 0) is 9.53 Å². The number of anilines is 1. The molecule has 1 fully saturated rings. The predicted molar refractivity (Wildman–Crippen MR) is 94.0 cm³/mol. The van der Waals surface area contributed by atoms with E-state index in [0.717, 1.165) is 18.5 Å². The highest BCUT2D eigenvalue weighted by Gasteiger charge is 2.24. The molecule has 0 spiro atoms. The molecule has 24 heavy (non-hydrogen) atoms. The summed E-state index contributed by atoms with van der Waals surface area (Å²) in [6.45, 7) is 6.11. The molecule has 6 heteroatoms. The van der Waals surface area contributed by atoms with Gasteiger partial charge in [-0.3, -0.25) is 4.79 Å². The summed E-state index contributed by atoms with van der Waals surface area (Å²) in [5.41, 5.74) is 2.24. The van der Waals surface area contributed by atoms with E-state index < -0.39 is 0 Å². The molecule has 2 rings (SSSR count). The van der Waals surface area contributed by atoms with Crippen LogP contribution in [0, 0.1) is 6.92 Å². The van der Waals surface area contributed by atoms with Crippen LogP contribution in [0.3, 0.4) is 0 Å². The first kappa shape index (κ1) is 18.1. The Morgan fingerprint density at radius 1 is 1.21 bits per heavy atom. The molecule has 1 aliphatic heterocycles. The van der Waals surface area contributed by atoms with Gasteiger partial charge in [0.15, 0.2) is 0 Å². The van der Waals surface area contributed by atoms with Crippen LogP contribution in [0.4, 0.5) is 10.5 Å². The van der Waals surface area contributed by atoms with Crippen molar-refractivity contribution < 1.29 is 14.3 Å². The molecule has 0 radical (unpaired) electrons. The number of hydrogen-bond acceptors (Lipinski definition) is 4. The lowest BCUT2D eigenvalue weighted by Crippen LogP contribution is -2.46. The van der Waals surface area contributed by atoms with Gasteiger partial charge in [0.25, 0.3) is 0 Å². The number of hydrogen-bond donors (Lipinski definition) is 2. The molecule has 0 aliphatic carbocycles. The Kier molecular flexibility index (Phi) is 6.90. The Hall–Kier alpha value is -2.24. The van der Waals surface area contributed by atoms with E-state index in [-0.39, 0.29) is 18.0 Å². The summed E-state index contributed by atoms with van der Waals surface area (Å²) in [6.07, 6.45) is 1.72. The maximum Gasteiger partial charge on any atom is 0.409 e. The number of carbonyl (C=O) groups excluding carboxylic acids is 2. The molecular formula is C18H27N3O3. The molecule has 1 saturated heterocycles. The maximum atomic E-state index is 12.0. The van der Waals surface area contributed by atoms with Crippen LogP contribution >= 0.6 is 0 Å². The van der Waals surface area contributed by atoms with E-state index in [2.05, 4.69) is 10.6 Å². The first-order valence-electron chi connectivity index (χ1n) is 8.60. The lowest BCUT2D eigenvalue weighted by Gasteiger charge is -2.31. The highest BCUT2D eigenvalue weighted by atomic mass is 16.6. The van der Waals surface area contributed by atoms with Gasteiger partial charge in [0.1, 0.15) is 0 Å². The molecule has 0 atom stereocenters. The van der Waals surface area contributed by atoms with Gasteiger partial charge in [0, 0.05) is 37.8 Å². The zero-order chi connectivity index (χ0) is 17.4. The number of carbonyl (C=O) groups is 2. The second kappa shape index (κ2) is 9.15. The molecule has 1 aromatic rings. The van der Waals surface area contributed by atoms with Crippen molar-refractivity contribution >= 4 is 17.7 Å². The number of benzene rings is 1. The van der Waals surface area contributed by atoms with Crippen LogP contribution in [0.15, 0.2) is 24.3 Å². The molecule has 6 nitrogen and oxygen atoms in total. The van der Waals surface area contributed by atoms with Gasteiger partial charge in [-0.1, -0.05) is 17.7 Å². The second-order valence-corrected chi connectivity index (χ2v) is 6.07. The molecule has 0 aromatic heterocycles. The van der Waals surface area contributed by atoms with E-state index in [4.69, 9.17) is 4.74 Å². The zero-order valence-electron chi connectivity index (χ0n) is 14.5. The van der Waals surface area contributed by atoms with E-state index >= 15 is 0 Å². The average molecular weight is 333 g/mol. The summed E-state index contributed by atoms with van der Waals surface area (Å²) in [5, 5.41) is 6.29. The van der Waals surface area contributed by atoms with Gasteiger partial charge < -0.3 is 20.3 Å². The summed E-state index contributed by atoms with van der Waals surface area (Å²) < 4.78 is 4.99. The van der Waals surface area contributed by atoms with Gasteiger partial charge in [-0.05, 0) is 38.8 Å². The molecule has 1 heterocycles. The van der Waals surface area contributed by atoms with E-state index in [0.29, 0.717) is 32.7 Å². The summed E-state index contributed by atoms with van der Waals surface area (Å²) in [6, 6.07) is 8.25. The van der Waals surface area contributed by atoms with Gasteiger partial charge in [0.2, 0.25) is 5.91 Å². The lowest BCUT2D eigenvalue weighted by atomic mass is 10.1. The van der Waals surface area contributed by atoms with Gasteiger partial charge in [-0.25, -0.2) is 4.79 Å². The quantitative estimate of drug-likeness (QED) is 0.839. The number of aryl methyl sites for hydroxylation is 1. The van der Waals surface area contributed by atoms with E-state index in [9.17, 15) is 9.59 Å². The Morgan fingerprint density at radius 2 is 1.88 bits per heavy atom. The molecule has 0 bridgehead atoms. The molecule has 0 unspecified atom stereocenters. The van der Waals surface area contributed by atoms with Gasteiger partial charge in [-0.15, -0.1) is 0 Å². The topological polar surface area (TPSA) is 70.7 Å². The van der Waals surface area contributed by atoms with Crippen LogP contribution < -0.4 is 10.6 Å². The fraction of sp³-hybridized carbons (Fsp3) is 0.556. The molecule has 0 saturated carbocycles. The highest BCUT2D eigenvalue weighted by molar-refractivity contribution is 5.77. The minimum atomic E-state index is -0.260. The SMILES string of the molecule is CCOC(=O)N1CCC(NC(=O)CCNc2ccc(C)cc2)CC1. The predicted octanol–water partition coefficient (Wildman–Crippen LogP) is 2.53. The fourth-order valence-electron chi connectivity index (χ4n) is 2.71. The van der Waals surface area contributed by atoms with Crippen molar-refractivity contribution in [2.24, 2.45) is 0 Å². The van der Waals surface area contributed by atoms with Crippen LogP contribution in [0.1, 0.15) is 31.7 Å². The minimum absolute atomic E-state index is 0.0456. The first-order valence-corrected chi connectivity index (χ1v) is 8.60. The number of rotatable bonds is 6. The standard InChI is InChI=1S/C18H27N3O3/c1-3-24-18(23)21-12-9-16(10-13-21)20-17(22)8-11-19-15-6-4-14(2)5-7-15/h4-7,16,19H,3,8-13H2,1-2H3,(H,20,22). The third-order valence-corrected chi connectivity index (χ3v) is 4.12. The van der Waals surface area contributed by atoms with Crippen molar-refractivity contribution in [3.63, 3.8) is 0 Å². The van der Waals surface area contributed by atoms with Crippen molar-refractivity contribution in [2.75, 3.05) is 31.6 Å². The fourth-order valence-corrected chi connectivity index (χ4v) is 2.71. The first-order chi connectivity index (χ1) is 11.6. The number of piperidine rings is 1. The summed E-state index contributed by atoms with van der Waals surface area (Å²) in [4.78, 5) is 25.3. The number of nitrogens with one attached hydrogen (secondary N) is 2. The second-order valence-electron chi connectivity index (χ2n) is 6.07. The molecule has 1 aliphatic rings. The smallest absolute Gasteiger partial charge is 0.409 e. The number of likely N-dealkylation sites (tertiary alicyclic amines) is 1.